The van der Waals surface area contributed by atoms with Gasteiger partial charge in [-0.05, 0) is 26.0 Å². The molecule has 0 aliphatic heterocycles. The van der Waals surface area contributed by atoms with Gasteiger partial charge in [-0.15, -0.1) is 24.0 Å². The maximum atomic E-state index is 11.1. The van der Waals surface area contributed by atoms with Crippen molar-refractivity contribution in [2.24, 2.45) is 4.99 Å². The van der Waals surface area contributed by atoms with Crippen molar-refractivity contribution in [2.75, 3.05) is 20.2 Å². The zero-order chi connectivity index (χ0) is 20.4. The minimum atomic E-state index is -0.394. The first-order valence-electron chi connectivity index (χ1n) is 9.09. The molecule has 1 atom stereocenters. The summed E-state index contributed by atoms with van der Waals surface area (Å²) in [5.74, 6) is 1.91. The quantitative estimate of drug-likeness (QED) is 0.174. The van der Waals surface area contributed by atoms with E-state index < -0.39 is 4.92 Å². The molecule has 2 aromatic carbocycles. The summed E-state index contributed by atoms with van der Waals surface area (Å²) in [4.78, 5) is 15.2. The van der Waals surface area contributed by atoms with Crippen LogP contribution >= 0.6 is 24.0 Å². The number of benzene rings is 2. The van der Waals surface area contributed by atoms with Crippen molar-refractivity contribution in [3.05, 3.63) is 64.2 Å². The van der Waals surface area contributed by atoms with Crippen LogP contribution in [0.2, 0.25) is 0 Å². The van der Waals surface area contributed by atoms with Crippen LogP contribution in [-0.4, -0.2) is 37.2 Å². The highest BCUT2D eigenvalue weighted by Crippen LogP contribution is 2.26. The standard InChI is InChI=1S/C20H26N4O4.HI/c1-4-21-20(23-14-16-9-5-6-10-17(16)24(25)26)22-13-15(2)28-19-12-8-7-11-18(19)27-3;/h5-12,15H,4,13-14H2,1-3H3,(H2,21,22,23);1H. The molecule has 2 rings (SSSR count). The summed E-state index contributed by atoms with van der Waals surface area (Å²) < 4.78 is 11.2. The van der Waals surface area contributed by atoms with Crippen LogP contribution in [-0.2, 0) is 6.54 Å². The van der Waals surface area contributed by atoms with Gasteiger partial charge in [0, 0.05) is 12.6 Å². The van der Waals surface area contributed by atoms with Crippen LogP contribution in [0.4, 0.5) is 5.69 Å². The van der Waals surface area contributed by atoms with E-state index in [2.05, 4.69) is 15.6 Å². The molecule has 2 N–H and O–H groups in total. The molecule has 0 saturated carbocycles. The molecular weight excluding hydrogens is 487 g/mol. The molecular formula is C20H27IN4O4. The highest BCUT2D eigenvalue weighted by atomic mass is 127. The van der Waals surface area contributed by atoms with E-state index in [4.69, 9.17) is 9.47 Å². The van der Waals surface area contributed by atoms with Crippen molar-refractivity contribution >= 4 is 35.6 Å². The first-order chi connectivity index (χ1) is 13.5. The normalized spacial score (nSPS) is 11.8. The Labute approximate surface area is 187 Å². The predicted octanol–water partition coefficient (Wildman–Crippen LogP) is 3.74. The van der Waals surface area contributed by atoms with E-state index in [1.807, 2.05) is 38.1 Å². The third-order valence-corrected chi connectivity index (χ3v) is 3.89. The van der Waals surface area contributed by atoms with E-state index in [0.717, 1.165) is 0 Å². The number of nitro benzene ring substituents is 1. The number of halogens is 1. The van der Waals surface area contributed by atoms with Crippen LogP contribution < -0.4 is 20.1 Å². The Morgan fingerprint density at radius 2 is 1.79 bits per heavy atom. The summed E-state index contributed by atoms with van der Waals surface area (Å²) in [5, 5.41) is 17.5. The summed E-state index contributed by atoms with van der Waals surface area (Å²) in [7, 11) is 1.60. The first kappa shape index (κ1) is 24.5. The Balaban J connectivity index is 0.00000420. The van der Waals surface area contributed by atoms with Crippen LogP contribution in [0.1, 0.15) is 19.4 Å². The molecule has 0 heterocycles. The maximum absolute atomic E-state index is 11.1. The van der Waals surface area contributed by atoms with Gasteiger partial charge in [0.15, 0.2) is 17.5 Å². The van der Waals surface area contributed by atoms with E-state index >= 15 is 0 Å². The van der Waals surface area contributed by atoms with Crippen LogP contribution in [0.25, 0.3) is 0 Å². The number of hydrogen-bond donors (Lipinski definition) is 2. The number of ether oxygens (including phenoxy) is 2. The maximum Gasteiger partial charge on any atom is 0.274 e. The molecule has 0 aromatic heterocycles. The lowest BCUT2D eigenvalue weighted by Gasteiger charge is -2.19. The minimum Gasteiger partial charge on any atom is -0.493 e. The highest BCUT2D eigenvalue weighted by Gasteiger charge is 2.13. The average molecular weight is 514 g/mol. The highest BCUT2D eigenvalue weighted by molar-refractivity contribution is 14.0. The van der Waals surface area contributed by atoms with Gasteiger partial charge in [-0.25, -0.2) is 4.99 Å². The zero-order valence-corrected chi connectivity index (χ0v) is 19.1. The summed E-state index contributed by atoms with van der Waals surface area (Å²) in [5.41, 5.74) is 0.623. The van der Waals surface area contributed by atoms with E-state index in [0.29, 0.717) is 36.1 Å². The van der Waals surface area contributed by atoms with Gasteiger partial charge in [0.25, 0.3) is 5.69 Å². The topological polar surface area (TPSA) is 98.0 Å². The number of methoxy groups -OCH3 is 1. The molecule has 0 saturated heterocycles. The number of nitro groups is 1. The van der Waals surface area contributed by atoms with Gasteiger partial charge < -0.3 is 20.1 Å². The molecule has 1 unspecified atom stereocenters. The Hall–Kier alpha value is -2.56. The predicted molar refractivity (Wildman–Crippen MR) is 124 cm³/mol. The van der Waals surface area contributed by atoms with Gasteiger partial charge in [-0.3, -0.25) is 10.1 Å². The van der Waals surface area contributed by atoms with Crippen molar-refractivity contribution in [2.45, 2.75) is 26.5 Å². The van der Waals surface area contributed by atoms with Crippen molar-refractivity contribution < 1.29 is 14.4 Å². The lowest BCUT2D eigenvalue weighted by molar-refractivity contribution is -0.385. The Kier molecular flexibility index (Phi) is 10.8. The van der Waals surface area contributed by atoms with Gasteiger partial charge in [-0.1, -0.05) is 30.3 Å². The smallest absolute Gasteiger partial charge is 0.274 e. The van der Waals surface area contributed by atoms with Crippen molar-refractivity contribution in [3.63, 3.8) is 0 Å². The molecule has 0 bridgehead atoms. The lowest BCUT2D eigenvalue weighted by Crippen LogP contribution is -2.41. The van der Waals surface area contributed by atoms with Crippen LogP contribution in [0.5, 0.6) is 11.5 Å². The number of nitrogens with one attached hydrogen (secondary N) is 2. The number of rotatable bonds is 9. The van der Waals surface area contributed by atoms with E-state index in [-0.39, 0.29) is 42.3 Å². The molecule has 0 fully saturated rings. The summed E-state index contributed by atoms with van der Waals surface area (Å²) >= 11 is 0. The fourth-order valence-corrected chi connectivity index (χ4v) is 2.54. The number of aliphatic imine (C=N–C) groups is 1. The number of guanidine groups is 1. The number of nitrogens with zero attached hydrogens (tertiary/aromatic N) is 2. The summed E-state index contributed by atoms with van der Waals surface area (Å²) in [6.07, 6.45) is -0.147. The van der Waals surface area contributed by atoms with Crippen molar-refractivity contribution in [1.29, 1.82) is 0 Å². The molecule has 0 amide bonds. The molecule has 8 nitrogen and oxygen atoms in total. The van der Waals surface area contributed by atoms with Crippen molar-refractivity contribution in [3.8, 4) is 11.5 Å². The second-order valence-corrected chi connectivity index (χ2v) is 6.04. The van der Waals surface area contributed by atoms with Crippen LogP contribution in [0.15, 0.2) is 53.5 Å². The van der Waals surface area contributed by atoms with Gasteiger partial charge in [0.05, 0.1) is 30.7 Å². The fraction of sp³-hybridized carbons (Fsp3) is 0.350. The first-order valence-corrected chi connectivity index (χ1v) is 9.09. The van der Waals surface area contributed by atoms with Crippen LogP contribution in [0, 0.1) is 10.1 Å². The molecule has 2 aromatic rings. The summed E-state index contributed by atoms with van der Waals surface area (Å²) in [6.45, 7) is 5.27. The molecule has 0 aliphatic carbocycles. The van der Waals surface area contributed by atoms with Gasteiger partial charge in [0.1, 0.15) is 6.10 Å². The Bertz CT molecular complexity index is 817. The molecule has 0 radical (unpaired) electrons. The SMILES string of the molecule is CCNC(=NCc1ccccc1[N+](=O)[O-])NCC(C)Oc1ccccc1OC.I. The molecule has 29 heavy (non-hydrogen) atoms. The molecule has 158 valence electrons. The average Bonchev–Trinajstić information content (AvgIpc) is 2.70. The lowest BCUT2D eigenvalue weighted by atomic mass is 10.2. The van der Waals surface area contributed by atoms with Crippen LogP contribution in [0.3, 0.4) is 0 Å². The fourth-order valence-electron chi connectivity index (χ4n) is 2.54. The Morgan fingerprint density at radius 3 is 2.45 bits per heavy atom. The summed E-state index contributed by atoms with van der Waals surface area (Å²) in [6, 6.07) is 14.1. The monoisotopic (exact) mass is 514 g/mol. The molecule has 0 aliphatic rings. The van der Waals surface area contributed by atoms with E-state index in [1.54, 1.807) is 25.3 Å². The minimum absolute atomic E-state index is 0. The van der Waals surface area contributed by atoms with E-state index in [9.17, 15) is 10.1 Å². The second-order valence-electron chi connectivity index (χ2n) is 6.04. The number of para-hydroxylation sites is 3. The zero-order valence-electron chi connectivity index (χ0n) is 16.8. The van der Waals surface area contributed by atoms with Crippen molar-refractivity contribution in [1.82, 2.24) is 10.6 Å². The molecule has 9 heteroatoms. The largest absolute Gasteiger partial charge is 0.493 e. The Morgan fingerprint density at radius 1 is 1.14 bits per heavy atom. The van der Waals surface area contributed by atoms with E-state index in [1.165, 1.54) is 6.07 Å². The second kappa shape index (κ2) is 12.8. The van der Waals surface area contributed by atoms with Gasteiger partial charge in [-0.2, -0.15) is 0 Å². The number of hydrogen-bond acceptors (Lipinski definition) is 5. The third kappa shape index (κ3) is 7.76. The third-order valence-electron chi connectivity index (χ3n) is 3.89. The van der Waals surface area contributed by atoms with Gasteiger partial charge in [0.2, 0.25) is 0 Å². The van der Waals surface area contributed by atoms with Gasteiger partial charge >= 0.3 is 0 Å². The molecule has 0 spiro atoms.